The minimum Gasteiger partial charge on any atom is -0.206 e. The smallest absolute Gasteiger partial charge is 0.195 e. The van der Waals surface area contributed by atoms with E-state index in [-0.39, 0.29) is 21.9 Å². The first-order valence-electron chi connectivity index (χ1n) is 6.98. The Labute approximate surface area is 129 Å². The molecule has 5 heteroatoms. The number of halogens is 5. The van der Waals surface area contributed by atoms with Gasteiger partial charge in [0.2, 0.25) is 0 Å². The van der Waals surface area contributed by atoms with Crippen LogP contribution in [-0.4, -0.2) is 0 Å². The van der Waals surface area contributed by atoms with Crippen molar-refractivity contribution in [2.75, 3.05) is 0 Å². The van der Waals surface area contributed by atoms with Crippen LogP contribution in [-0.2, 0) is 6.42 Å². The fourth-order valence-electron chi connectivity index (χ4n) is 2.57. The second-order valence-electron chi connectivity index (χ2n) is 5.21. The van der Waals surface area contributed by atoms with Crippen molar-refractivity contribution in [3.8, 4) is 11.1 Å². The van der Waals surface area contributed by atoms with Crippen LogP contribution in [0.4, 0.5) is 22.0 Å². The van der Waals surface area contributed by atoms with Crippen LogP contribution in [0.15, 0.2) is 36.4 Å². The summed E-state index contributed by atoms with van der Waals surface area (Å²) in [6.45, 7) is 1.77. The predicted molar refractivity (Wildman–Crippen MR) is 78.6 cm³/mol. The average Bonchev–Trinajstić information content (AvgIpc) is 2.51. The molecule has 0 aliphatic rings. The molecule has 0 saturated heterocycles. The molecule has 0 heterocycles. The molecule has 3 aromatic rings. The van der Waals surface area contributed by atoms with E-state index in [0.29, 0.717) is 12.0 Å². The largest absolute Gasteiger partial charge is 0.206 e. The van der Waals surface area contributed by atoms with Crippen LogP contribution in [0.25, 0.3) is 21.9 Å². The Balaban J connectivity index is 2.24. The topological polar surface area (TPSA) is 0 Å². The van der Waals surface area contributed by atoms with Gasteiger partial charge in [0.1, 0.15) is 11.6 Å². The Morgan fingerprint density at radius 3 is 2.00 bits per heavy atom. The van der Waals surface area contributed by atoms with Crippen molar-refractivity contribution in [1.29, 1.82) is 0 Å². The highest BCUT2D eigenvalue weighted by Crippen LogP contribution is 2.32. The van der Waals surface area contributed by atoms with Gasteiger partial charge >= 0.3 is 0 Å². The number of hydrogen-bond acceptors (Lipinski definition) is 0. The molecule has 0 aliphatic heterocycles. The molecule has 0 radical (unpaired) electrons. The molecule has 0 N–H and O–H groups in total. The number of rotatable bonds is 2. The Bertz CT molecular complexity index is 892. The third-order valence-electron chi connectivity index (χ3n) is 3.77. The monoisotopic (exact) mass is 322 g/mol. The molecule has 23 heavy (non-hydrogen) atoms. The molecule has 0 bridgehead atoms. The molecule has 0 atom stereocenters. The van der Waals surface area contributed by atoms with E-state index in [9.17, 15) is 22.0 Å². The standard InChI is InChI=1S/C18H11F5/c1-2-9-5-13(19)16(14(20)6-9)10-3-4-12-11(7-10)8-15(21)18(23)17(12)22/h3-8H,2H2,1H3. The van der Waals surface area contributed by atoms with Crippen molar-refractivity contribution in [1.82, 2.24) is 0 Å². The van der Waals surface area contributed by atoms with Crippen LogP contribution in [0, 0.1) is 29.1 Å². The van der Waals surface area contributed by atoms with Crippen LogP contribution in [0.2, 0.25) is 0 Å². The van der Waals surface area contributed by atoms with Crippen molar-refractivity contribution < 1.29 is 22.0 Å². The molecule has 0 amide bonds. The van der Waals surface area contributed by atoms with Gasteiger partial charge in [-0.15, -0.1) is 0 Å². The molecule has 0 nitrogen and oxygen atoms in total. The Morgan fingerprint density at radius 2 is 1.39 bits per heavy atom. The molecule has 0 aliphatic carbocycles. The highest BCUT2D eigenvalue weighted by Gasteiger charge is 2.17. The number of aryl methyl sites for hydroxylation is 1. The molecular formula is C18H11F5. The molecule has 0 fully saturated rings. The first kappa shape index (κ1) is 15.5. The first-order chi connectivity index (χ1) is 10.9. The predicted octanol–water partition coefficient (Wildman–Crippen LogP) is 5.76. The van der Waals surface area contributed by atoms with Gasteiger partial charge in [-0.25, -0.2) is 22.0 Å². The van der Waals surface area contributed by atoms with E-state index in [4.69, 9.17) is 0 Å². The van der Waals surface area contributed by atoms with Crippen molar-refractivity contribution in [3.63, 3.8) is 0 Å². The Kier molecular flexibility index (Phi) is 3.80. The molecule has 3 aromatic carbocycles. The molecule has 118 valence electrons. The van der Waals surface area contributed by atoms with E-state index in [0.717, 1.165) is 6.07 Å². The van der Waals surface area contributed by atoms with E-state index < -0.39 is 29.1 Å². The van der Waals surface area contributed by atoms with Gasteiger partial charge in [-0.1, -0.05) is 19.1 Å². The number of benzene rings is 3. The highest BCUT2D eigenvalue weighted by molar-refractivity contribution is 5.88. The fraction of sp³-hybridized carbons (Fsp3) is 0.111. The van der Waals surface area contributed by atoms with Gasteiger partial charge in [-0.05, 0) is 47.2 Å². The van der Waals surface area contributed by atoms with Crippen molar-refractivity contribution in [2.24, 2.45) is 0 Å². The molecule has 0 saturated carbocycles. The maximum Gasteiger partial charge on any atom is 0.195 e. The van der Waals surface area contributed by atoms with Gasteiger partial charge in [-0.2, -0.15) is 0 Å². The number of fused-ring (bicyclic) bond motifs is 1. The lowest BCUT2D eigenvalue weighted by Crippen LogP contribution is -1.95. The summed E-state index contributed by atoms with van der Waals surface area (Å²) in [5, 5.41) is -0.129. The molecule has 0 unspecified atom stereocenters. The maximum atomic E-state index is 14.2. The van der Waals surface area contributed by atoms with Crippen LogP contribution in [0.5, 0.6) is 0 Å². The van der Waals surface area contributed by atoms with E-state index >= 15 is 0 Å². The summed E-state index contributed by atoms with van der Waals surface area (Å²) in [7, 11) is 0. The zero-order valence-electron chi connectivity index (χ0n) is 12.1. The minimum atomic E-state index is -1.57. The quantitative estimate of drug-likeness (QED) is 0.415. The maximum absolute atomic E-state index is 14.2. The summed E-state index contributed by atoms with van der Waals surface area (Å²) in [4.78, 5) is 0. The molecule has 0 aromatic heterocycles. The van der Waals surface area contributed by atoms with E-state index in [2.05, 4.69) is 0 Å². The van der Waals surface area contributed by atoms with Crippen LogP contribution < -0.4 is 0 Å². The van der Waals surface area contributed by atoms with Crippen molar-refractivity contribution in [2.45, 2.75) is 13.3 Å². The van der Waals surface area contributed by atoms with Gasteiger partial charge in [-0.3, -0.25) is 0 Å². The normalized spacial score (nSPS) is 11.2. The summed E-state index contributed by atoms with van der Waals surface area (Å²) in [6.07, 6.45) is 0.474. The fourth-order valence-corrected chi connectivity index (χ4v) is 2.57. The second kappa shape index (κ2) is 5.65. The number of hydrogen-bond donors (Lipinski definition) is 0. The highest BCUT2D eigenvalue weighted by atomic mass is 19.2. The summed E-state index contributed by atoms with van der Waals surface area (Å²) in [5.74, 6) is -5.77. The van der Waals surface area contributed by atoms with E-state index in [1.54, 1.807) is 6.92 Å². The third kappa shape index (κ3) is 2.56. The van der Waals surface area contributed by atoms with Crippen molar-refractivity contribution in [3.05, 3.63) is 71.0 Å². The molecule has 3 rings (SSSR count). The van der Waals surface area contributed by atoms with Crippen molar-refractivity contribution >= 4 is 10.8 Å². The molecule has 0 spiro atoms. The van der Waals surface area contributed by atoms with Gasteiger partial charge in [0, 0.05) is 5.39 Å². The first-order valence-corrected chi connectivity index (χ1v) is 6.98. The third-order valence-corrected chi connectivity index (χ3v) is 3.77. The van der Waals surface area contributed by atoms with Gasteiger partial charge in [0.25, 0.3) is 0 Å². The Morgan fingerprint density at radius 1 is 0.739 bits per heavy atom. The van der Waals surface area contributed by atoms with E-state index in [1.165, 1.54) is 30.3 Å². The van der Waals surface area contributed by atoms with Gasteiger partial charge < -0.3 is 0 Å². The SMILES string of the molecule is CCc1cc(F)c(-c2ccc3c(F)c(F)c(F)cc3c2)c(F)c1. The lowest BCUT2D eigenvalue weighted by Gasteiger charge is -2.09. The van der Waals surface area contributed by atoms with Crippen LogP contribution in [0.1, 0.15) is 12.5 Å². The minimum absolute atomic E-state index is 0.0252. The van der Waals surface area contributed by atoms with Gasteiger partial charge in [0.05, 0.1) is 5.56 Å². The summed E-state index contributed by atoms with van der Waals surface area (Å²) in [6, 6.07) is 6.91. The Hall–Kier alpha value is -2.43. The lowest BCUT2D eigenvalue weighted by atomic mass is 9.98. The average molecular weight is 322 g/mol. The van der Waals surface area contributed by atoms with Gasteiger partial charge in [0.15, 0.2) is 17.5 Å². The molecular weight excluding hydrogens is 311 g/mol. The van der Waals surface area contributed by atoms with Crippen LogP contribution in [0.3, 0.4) is 0 Å². The zero-order chi connectivity index (χ0) is 16.7. The second-order valence-corrected chi connectivity index (χ2v) is 5.21. The van der Waals surface area contributed by atoms with E-state index in [1.807, 2.05) is 0 Å². The van der Waals surface area contributed by atoms with Crippen LogP contribution >= 0.6 is 0 Å². The summed E-state index contributed by atoms with van der Waals surface area (Å²) < 4.78 is 68.6. The summed E-state index contributed by atoms with van der Waals surface area (Å²) >= 11 is 0. The lowest BCUT2D eigenvalue weighted by molar-refractivity contribution is 0.453. The zero-order valence-corrected chi connectivity index (χ0v) is 12.1. The summed E-state index contributed by atoms with van der Waals surface area (Å²) in [5.41, 5.74) is 0.346.